The second kappa shape index (κ2) is 5.02. The molecule has 2 aliphatic heterocycles. The van der Waals surface area contributed by atoms with Gasteiger partial charge in [0.25, 0.3) is 0 Å². The fourth-order valence-corrected chi connectivity index (χ4v) is 2.42. The molecule has 0 aliphatic carbocycles. The molecular weight excluding hydrogens is 220 g/mol. The van der Waals surface area contributed by atoms with Crippen molar-refractivity contribution in [1.82, 2.24) is 0 Å². The van der Waals surface area contributed by atoms with Crippen molar-refractivity contribution in [3.63, 3.8) is 0 Å². The summed E-state index contributed by atoms with van der Waals surface area (Å²) >= 11 is 0. The molecule has 2 rings (SSSR count). The lowest BCUT2D eigenvalue weighted by Gasteiger charge is -2.33. The molecule has 0 unspecified atom stereocenters. The maximum atomic E-state index is 11.6. The molecule has 2 heterocycles. The van der Waals surface area contributed by atoms with Crippen LogP contribution in [0.15, 0.2) is 24.3 Å². The third-order valence-corrected chi connectivity index (χ3v) is 3.23. The van der Waals surface area contributed by atoms with Gasteiger partial charge in [-0.1, -0.05) is 18.2 Å². The van der Waals surface area contributed by atoms with Gasteiger partial charge in [-0.15, -0.1) is 0 Å². The van der Waals surface area contributed by atoms with Crippen molar-refractivity contribution in [2.24, 2.45) is 5.92 Å². The van der Waals surface area contributed by atoms with Gasteiger partial charge >= 0.3 is 5.97 Å². The standard InChI is InChI=1S/C13H18O4/c1-3-5-10-9(14)7-8-12(16-10)11(6-4-2)17-13(8)15/h3-6,8-12,14H,7H2,1-2H3/b5-3+,6-4+/t8-,9-,10-,11+,12-/m1/s1. The van der Waals surface area contributed by atoms with Crippen LogP contribution >= 0.6 is 0 Å². The Kier molecular flexibility index (Phi) is 3.64. The van der Waals surface area contributed by atoms with Crippen molar-refractivity contribution in [3.05, 3.63) is 24.3 Å². The van der Waals surface area contributed by atoms with E-state index in [1.54, 1.807) is 0 Å². The molecule has 94 valence electrons. The molecule has 2 saturated heterocycles. The summed E-state index contributed by atoms with van der Waals surface area (Å²) in [6.07, 6.45) is 6.17. The Morgan fingerprint density at radius 2 is 1.88 bits per heavy atom. The van der Waals surface area contributed by atoms with Crippen molar-refractivity contribution >= 4 is 5.97 Å². The number of allylic oxidation sites excluding steroid dienone is 2. The first-order valence-electron chi connectivity index (χ1n) is 5.97. The quantitative estimate of drug-likeness (QED) is 0.580. The Hall–Kier alpha value is -1.13. The first-order valence-corrected chi connectivity index (χ1v) is 5.97. The average Bonchev–Trinajstić information content (AvgIpc) is 2.58. The van der Waals surface area contributed by atoms with Crippen molar-refractivity contribution in [2.45, 2.75) is 44.7 Å². The Labute approximate surface area is 101 Å². The zero-order chi connectivity index (χ0) is 12.4. The number of carbonyl (C=O) groups is 1. The van der Waals surface area contributed by atoms with Gasteiger partial charge in [0.15, 0.2) is 0 Å². The van der Waals surface area contributed by atoms with E-state index in [9.17, 15) is 9.90 Å². The molecule has 4 nitrogen and oxygen atoms in total. The van der Waals surface area contributed by atoms with Gasteiger partial charge in [-0.05, 0) is 26.3 Å². The van der Waals surface area contributed by atoms with Crippen molar-refractivity contribution < 1.29 is 19.4 Å². The highest BCUT2D eigenvalue weighted by Crippen LogP contribution is 2.35. The molecule has 0 radical (unpaired) electrons. The van der Waals surface area contributed by atoms with Crippen LogP contribution < -0.4 is 0 Å². The predicted molar refractivity (Wildman–Crippen MR) is 62.3 cm³/mol. The van der Waals surface area contributed by atoms with Crippen LogP contribution in [0.4, 0.5) is 0 Å². The van der Waals surface area contributed by atoms with Crippen molar-refractivity contribution in [1.29, 1.82) is 0 Å². The van der Waals surface area contributed by atoms with Crippen LogP contribution in [0.25, 0.3) is 0 Å². The fraction of sp³-hybridized carbons (Fsp3) is 0.615. The average molecular weight is 238 g/mol. The van der Waals surface area contributed by atoms with Gasteiger partial charge in [0, 0.05) is 0 Å². The molecule has 0 bridgehead atoms. The molecule has 0 saturated carbocycles. The van der Waals surface area contributed by atoms with Gasteiger partial charge in [0.1, 0.15) is 18.3 Å². The van der Waals surface area contributed by atoms with E-state index in [1.807, 2.05) is 38.2 Å². The normalized spacial score (nSPS) is 42.1. The van der Waals surface area contributed by atoms with Crippen LogP contribution in [-0.4, -0.2) is 35.5 Å². The van der Waals surface area contributed by atoms with Gasteiger partial charge in [-0.3, -0.25) is 4.79 Å². The van der Waals surface area contributed by atoms with E-state index in [0.29, 0.717) is 6.42 Å². The van der Waals surface area contributed by atoms with Crippen LogP contribution in [0.1, 0.15) is 20.3 Å². The summed E-state index contributed by atoms with van der Waals surface area (Å²) in [6, 6.07) is 0. The molecular formula is C13H18O4. The van der Waals surface area contributed by atoms with E-state index in [1.165, 1.54) is 0 Å². The molecule has 4 heteroatoms. The Morgan fingerprint density at radius 3 is 2.53 bits per heavy atom. The number of hydrogen-bond acceptors (Lipinski definition) is 4. The molecule has 2 aliphatic rings. The van der Waals surface area contributed by atoms with Crippen LogP contribution in [0.3, 0.4) is 0 Å². The molecule has 0 amide bonds. The SMILES string of the molecule is C/C=C/[C@@H]1OC(=O)[C@@H]2C[C@@H](O)[C@@H](/C=C/C)O[C@@H]12. The zero-order valence-electron chi connectivity index (χ0n) is 10.1. The van der Waals surface area contributed by atoms with Gasteiger partial charge < -0.3 is 14.6 Å². The van der Waals surface area contributed by atoms with E-state index >= 15 is 0 Å². The van der Waals surface area contributed by atoms with Crippen LogP contribution in [0.5, 0.6) is 0 Å². The molecule has 0 aromatic carbocycles. The lowest BCUT2D eigenvalue weighted by atomic mass is 9.89. The molecule has 0 spiro atoms. The molecule has 0 aromatic rings. The second-order valence-electron chi connectivity index (χ2n) is 4.43. The van der Waals surface area contributed by atoms with E-state index < -0.39 is 6.10 Å². The molecule has 1 N–H and O–H groups in total. The smallest absolute Gasteiger partial charge is 0.312 e. The summed E-state index contributed by atoms with van der Waals surface area (Å²) in [5.41, 5.74) is 0. The maximum absolute atomic E-state index is 11.6. The zero-order valence-corrected chi connectivity index (χ0v) is 10.1. The van der Waals surface area contributed by atoms with Gasteiger partial charge in [0.2, 0.25) is 0 Å². The first-order chi connectivity index (χ1) is 8.17. The summed E-state index contributed by atoms with van der Waals surface area (Å²) in [6.45, 7) is 3.75. The number of aliphatic hydroxyl groups excluding tert-OH is 1. The summed E-state index contributed by atoms with van der Waals surface area (Å²) in [4.78, 5) is 11.6. The van der Waals surface area contributed by atoms with Gasteiger partial charge in [-0.2, -0.15) is 0 Å². The molecule has 5 atom stereocenters. The molecule has 2 fully saturated rings. The lowest BCUT2D eigenvalue weighted by molar-refractivity contribution is -0.146. The van der Waals surface area contributed by atoms with Crippen molar-refractivity contribution in [3.8, 4) is 0 Å². The Bertz CT molecular complexity index is 347. The monoisotopic (exact) mass is 238 g/mol. The Morgan fingerprint density at radius 1 is 1.24 bits per heavy atom. The minimum atomic E-state index is -0.635. The number of rotatable bonds is 2. The Balaban J connectivity index is 2.16. The highest BCUT2D eigenvalue weighted by Gasteiger charge is 2.50. The number of aliphatic hydroxyl groups is 1. The van der Waals surface area contributed by atoms with E-state index in [0.717, 1.165) is 0 Å². The second-order valence-corrected chi connectivity index (χ2v) is 4.43. The van der Waals surface area contributed by atoms with Crippen LogP contribution in [-0.2, 0) is 14.3 Å². The number of hydrogen-bond donors (Lipinski definition) is 1. The van der Waals surface area contributed by atoms with E-state index in [-0.39, 0.29) is 30.2 Å². The summed E-state index contributed by atoms with van der Waals surface area (Å²) in [7, 11) is 0. The number of esters is 1. The summed E-state index contributed by atoms with van der Waals surface area (Å²) < 4.78 is 11.0. The lowest BCUT2D eigenvalue weighted by Crippen LogP contribution is -2.45. The third-order valence-electron chi connectivity index (χ3n) is 3.23. The number of fused-ring (bicyclic) bond motifs is 1. The maximum Gasteiger partial charge on any atom is 0.312 e. The largest absolute Gasteiger partial charge is 0.455 e. The predicted octanol–water partition coefficient (Wildman–Crippen LogP) is 1.20. The summed E-state index contributed by atoms with van der Waals surface area (Å²) in [5, 5.41) is 9.88. The fourth-order valence-electron chi connectivity index (χ4n) is 2.42. The molecule has 0 aromatic heterocycles. The highest BCUT2D eigenvalue weighted by atomic mass is 16.6. The minimum absolute atomic E-state index is 0.268. The number of carbonyl (C=O) groups excluding carboxylic acids is 1. The van der Waals surface area contributed by atoms with Crippen LogP contribution in [0, 0.1) is 5.92 Å². The van der Waals surface area contributed by atoms with Crippen molar-refractivity contribution in [2.75, 3.05) is 0 Å². The molecule has 17 heavy (non-hydrogen) atoms. The van der Waals surface area contributed by atoms with E-state index in [2.05, 4.69) is 0 Å². The third kappa shape index (κ3) is 2.28. The van der Waals surface area contributed by atoms with E-state index in [4.69, 9.17) is 9.47 Å². The number of cyclic esters (lactones) is 1. The number of ether oxygens (including phenoxy) is 2. The minimum Gasteiger partial charge on any atom is -0.455 e. The van der Waals surface area contributed by atoms with Crippen LogP contribution in [0.2, 0.25) is 0 Å². The summed E-state index contributed by atoms with van der Waals surface area (Å²) in [5.74, 6) is -0.608. The first kappa shape index (κ1) is 12.3. The van der Waals surface area contributed by atoms with Gasteiger partial charge in [0.05, 0.1) is 12.0 Å². The topological polar surface area (TPSA) is 55.8 Å². The highest BCUT2D eigenvalue weighted by molar-refractivity contribution is 5.76. The van der Waals surface area contributed by atoms with Gasteiger partial charge in [-0.25, -0.2) is 0 Å².